The van der Waals surface area contributed by atoms with E-state index in [4.69, 9.17) is 0 Å². The molecule has 0 saturated carbocycles. The Hall–Kier alpha value is -2.84. The first-order chi connectivity index (χ1) is 16.5. The Morgan fingerprint density at radius 2 is 1.94 bits per heavy atom. The van der Waals surface area contributed by atoms with E-state index in [9.17, 15) is 14.0 Å². The highest BCUT2D eigenvalue weighted by Crippen LogP contribution is 2.26. The summed E-state index contributed by atoms with van der Waals surface area (Å²) in [5.74, 6) is -0.460. The summed E-state index contributed by atoms with van der Waals surface area (Å²) in [6, 6.07) is 8.04. The molecule has 0 spiro atoms. The lowest BCUT2D eigenvalue weighted by molar-refractivity contribution is 0.0726. The first kappa shape index (κ1) is 22.9. The summed E-state index contributed by atoms with van der Waals surface area (Å²) >= 11 is 1.46. The summed E-state index contributed by atoms with van der Waals surface area (Å²) in [6.45, 7) is 6.40. The van der Waals surface area contributed by atoms with Gasteiger partial charge in [-0.05, 0) is 62.2 Å². The minimum absolute atomic E-state index is 0.0868. The minimum Gasteiger partial charge on any atom is -0.333 e. The van der Waals surface area contributed by atoms with Crippen molar-refractivity contribution in [2.24, 2.45) is 0 Å². The lowest BCUT2D eigenvalue weighted by atomic mass is 9.98. The maximum absolute atomic E-state index is 14.0. The van der Waals surface area contributed by atoms with Gasteiger partial charge >= 0.3 is 0 Å². The van der Waals surface area contributed by atoms with E-state index in [2.05, 4.69) is 9.88 Å². The van der Waals surface area contributed by atoms with Gasteiger partial charge in [0.05, 0.1) is 5.01 Å². The fourth-order valence-corrected chi connectivity index (χ4v) is 5.63. The molecule has 2 aliphatic heterocycles. The Bertz CT molecular complexity index is 1260. The Kier molecular flexibility index (Phi) is 6.61. The number of carbonyl (C=O) groups excluding carboxylic acids is 1. The maximum atomic E-state index is 14.0. The van der Waals surface area contributed by atoms with Gasteiger partial charge in [-0.25, -0.2) is 9.37 Å². The molecule has 178 valence electrons. The van der Waals surface area contributed by atoms with Crippen molar-refractivity contribution in [1.29, 1.82) is 0 Å². The predicted octanol–water partition coefficient (Wildman–Crippen LogP) is 4.10. The molecule has 0 atom stereocenters. The zero-order chi connectivity index (χ0) is 23.7. The molecule has 1 fully saturated rings. The Morgan fingerprint density at radius 1 is 1.12 bits per heavy atom. The molecular formula is C26H29FN4O2S. The Labute approximate surface area is 202 Å². The van der Waals surface area contributed by atoms with Crippen LogP contribution in [0.1, 0.15) is 46.0 Å². The lowest BCUT2D eigenvalue weighted by Gasteiger charge is -2.32. The summed E-state index contributed by atoms with van der Waals surface area (Å²) in [5, 5.41) is 2.66. The molecule has 3 aromatic rings. The first-order valence-electron chi connectivity index (χ1n) is 11.9. The van der Waals surface area contributed by atoms with E-state index >= 15 is 0 Å². The number of aryl methyl sites for hydroxylation is 1. The molecule has 5 rings (SSSR count). The molecule has 0 N–H and O–H groups in total. The quantitative estimate of drug-likeness (QED) is 0.552. The zero-order valence-corrected chi connectivity index (χ0v) is 20.2. The average molecular weight is 481 g/mol. The summed E-state index contributed by atoms with van der Waals surface area (Å²) in [5.41, 5.74) is 3.37. The molecule has 0 radical (unpaired) electrons. The third-order valence-electron chi connectivity index (χ3n) is 6.82. The number of nitrogens with zero attached hydrogens (tertiary/aromatic N) is 4. The second-order valence-electron chi connectivity index (χ2n) is 9.13. The molecule has 2 aliphatic rings. The highest BCUT2D eigenvalue weighted by molar-refractivity contribution is 7.09. The van der Waals surface area contributed by atoms with Crippen LogP contribution in [0, 0.1) is 12.7 Å². The van der Waals surface area contributed by atoms with E-state index in [1.54, 1.807) is 22.4 Å². The van der Waals surface area contributed by atoms with Crippen LogP contribution < -0.4 is 5.56 Å². The number of fused-ring (bicyclic) bond motifs is 1. The number of halogens is 1. The summed E-state index contributed by atoms with van der Waals surface area (Å²) in [7, 11) is 0. The number of carbonyl (C=O) groups is 1. The Balaban J connectivity index is 1.50. The number of pyridine rings is 1. The van der Waals surface area contributed by atoms with Crippen LogP contribution >= 0.6 is 11.3 Å². The fourth-order valence-electron chi connectivity index (χ4n) is 5.04. The van der Waals surface area contributed by atoms with Crippen molar-refractivity contribution in [3.05, 3.63) is 73.8 Å². The van der Waals surface area contributed by atoms with Crippen LogP contribution in [0.25, 0.3) is 11.1 Å². The van der Waals surface area contributed by atoms with Crippen molar-refractivity contribution < 1.29 is 9.18 Å². The average Bonchev–Trinajstić information content (AvgIpc) is 3.29. The van der Waals surface area contributed by atoms with E-state index in [0.717, 1.165) is 35.9 Å². The van der Waals surface area contributed by atoms with Crippen LogP contribution in [0.4, 0.5) is 4.39 Å². The molecule has 1 amide bonds. The largest absolute Gasteiger partial charge is 0.333 e. The minimum atomic E-state index is -0.370. The molecule has 6 nitrogen and oxygen atoms in total. The summed E-state index contributed by atoms with van der Waals surface area (Å²) in [4.78, 5) is 35.2. The van der Waals surface area contributed by atoms with Crippen LogP contribution in [0.5, 0.6) is 0 Å². The molecule has 4 heterocycles. The predicted molar refractivity (Wildman–Crippen MR) is 132 cm³/mol. The fraction of sp³-hybridized carbons (Fsp3) is 0.423. The van der Waals surface area contributed by atoms with E-state index in [1.807, 2.05) is 17.6 Å². The smallest absolute Gasteiger partial charge is 0.273 e. The molecule has 0 unspecified atom stereocenters. The van der Waals surface area contributed by atoms with Gasteiger partial charge in [-0.1, -0.05) is 18.6 Å². The molecule has 8 heteroatoms. The van der Waals surface area contributed by atoms with Crippen molar-refractivity contribution in [1.82, 2.24) is 19.4 Å². The summed E-state index contributed by atoms with van der Waals surface area (Å²) < 4.78 is 15.9. The third kappa shape index (κ3) is 4.70. The number of hydrogen-bond donors (Lipinski definition) is 0. The molecule has 0 bridgehead atoms. The maximum Gasteiger partial charge on any atom is 0.273 e. The number of likely N-dealkylation sites (tertiary alicyclic amines) is 1. The normalized spacial score (nSPS) is 16.5. The van der Waals surface area contributed by atoms with Crippen molar-refractivity contribution in [2.75, 3.05) is 26.2 Å². The van der Waals surface area contributed by atoms with Gasteiger partial charge in [0, 0.05) is 49.2 Å². The van der Waals surface area contributed by atoms with Crippen molar-refractivity contribution in [3.63, 3.8) is 0 Å². The SMILES string of the molecule is Cc1nc(C(=O)N2CCc3c(cc(-c4cccc(F)c4)c(=O)n3CCN3CCCCC3)C2)cs1. The van der Waals surface area contributed by atoms with E-state index in [1.165, 1.54) is 42.7 Å². The van der Waals surface area contributed by atoms with E-state index in [-0.39, 0.29) is 17.3 Å². The third-order valence-corrected chi connectivity index (χ3v) is 7.59. The molecule has 34 heavy (non-hydrogen) atoms. The van der Waals surface area contributed by atoms with Crippen LogP contribution in [-0.2, 0) is 19.5 Å². The van der Waals surface area contributed by atoms with Gasteiger partial charge in [0.2, 0.25) is 0 Å². The van der Waals surface area contributed by atoms with Crippen molar-refractivity contribution in [3.8, 4) is 11.1 Å². The summed E-state index contributed by atoms with van der Waals surface area (Å²) in [6.07, 6.45) is 4.28. The number of aromatic nitrogens is 2. The van der Waals surface area contributed by atoms with Gasteiger partial charge in [-0.15, -0.1) is 11.3 Å². The number of rotatable bonds is 5. The van der Waals surface area contributed by atoms with Gasteiger partial charge in [0.25, 0.3) is 11.5 Å². The van der Waals surface area contributed by atoms with Gasteiger partial charge in [-0.2, -0.15) is 0 Å². The molecule has 1 saturated heterocycles. The molecule has 0 aliphatic carbocycles. The zero-order valence-electron chi connectivity index (χ0n) is 19.4. The van der Waals surface area contributed by atoms with E-state index in [0.29, 0.717) is 42.9 Å². The van der Waals surface area contributed by atoms with Gasteiger partial charge < -0.3 is 14.4 Å². The van der Waals surface area contributed by atoms with Crippen LogP contribution in [0.3, 0.4) is 0 Å². The van der Waals surface area contributed by atoms with Gasteiger partial charge in [0.15, 0.2) is 0 Å². The topological polar surface area (TPSA) is 58.4 Å². The number of amides is 1. The first-order valence-corrected chi connectivity index (χ1v) is 12.8. The van der Waals surface area contributed by atoms with Gasteiger partial charge in [-0.3, -0.25) is 9.59 Å². The molecule has 2 aromatic heterocycles. The van der Waals surface area contributed by atoms with Crippen molar-refractivity contribution in [2.45, 2.75) is 45.7 Å². The monoisotopic (exact) mass is 480 g/mol. The second-order valence-corrected chi connectivity index (χ2v) is 10.2. The number of thiazole rings is 1. The van der Waals surface area contributed by atoms with Gasteiger partial charge in [0.1, 0.15) is 11.5 Å². The standard InChI is InChI=1S/C26H29FN4O2S/c1-18-28-23(17-34-18)26(33)30-11-8-24-20(16-30)15-22(19-6-5-7-21(27)14-19)25(32)31(24)13-12-29-9-3-2-4-10-29/h5-7,14-15,17H,2-4,8-13,16H2,1H3. The molecule has 1 aromatic carbocycles. The second kappa shape index (κ2) is 9.80. The molecular weight excluding hydrogens is 451 g/mol. The highest BCUT2D eigenvalue weighted by atomic mass is 32.1. The van der Waals surface area contributed by atoms with E-state index < -0.39 is 0 Å². The lowest BCUT2D eigenvalue weighted by Crippen LogP contribution is -2.41. The number of hydrogen-bond acceptors (Lipinski definition) is 5. The van der Waals surface area contributed by atoms with Crippen LogP contribution in [0.2, 0.25) is 0 Å². The Morgan fingerprint density at radius 3 is 2.68 bits per heavy atom. The number of benzene rings is 1. The van der Waals surface area contributed by atoms with Crippen molar-refractivity contribution >= 4 is 17.2 Å². The van der Waals surface area contributed by atoms with Crippen LogP contribution in [-0.4, -0.2) is 51.4 Å². The number of piperidine rings is 1. The van der Waals surface area contributed by atoms with Crippen LogP contribution in [0.15, 0.2) is 40.5 Å². The highest BCUT2D eigenvalue weighted by Gasteiger charge is 2.27.